The fraction of sp³-hybridized carbons (Fsp3) is 0.273. The predicted molar refractivity (Wildman–Crippen MR) is 61.5 cm³/mol. The fourth-order valence-electron chi connectivity index (χ4n) is 1.61. The van der Waals surface area contributed by atoms with Gasteiger partial charge in [0.1, 0.15) is 0 Å². The molecular weight excluding hydrogens is 210 g/mol. The van der Waals surface area contributed by atoms with E-state index in [-0.39, 0.29) is 11.8 Å². The first-order valence-corrected chi connectivity index (χ1v) is 6.51. The normalized spacial score (nSPS) is 22.9. The molecule has 1 atom stereocenters. The molecule has 3 nitrogen and oxygen atoms in total. The van der Waals surface area contributed by atoms with Gasteiger partial charge >= 0.3 is 0 Å². The molecule has 2 rings (SSSR count). The van der Waals surface area contributed by atoms with E-state index < -0.39 is 9.84 Å². The van der Waals surface area contributed by atoms with Crippen LogP contribution in [0.15, 0.2) is 35.7 Å². The van der Waals surface area contributed by atoms with Gasteiger partial charge in [-0.25, -0.2) is 8.42 Å². The Morgan fingerprint density at radius 1 is 1.40 bits per heavy atom. The number of rotatable bonds is 2. The minimum absolute atomic E-state index is 0.100. The van der Waals surface area contributed by atoms with E-state index in [0.29, 0.717) is 0 Å². The van der Waals surface area contributed by atoms with E-state index in [1.165, 1.54) is 5.41 Å². The molecule has 80 valence electrons. The first-order valence-electron chi connectivity index (χ1n) is 4.79. The molecule has 1 unspecified atom stereocenters. The maximum absolute atomic E-state index is 11.2. The van der Waals surface area contributed by atoms with Crippen molar-refractivity contribution in [3.63, 3.8) is 0 Å². The number of nitrogens with one attached hydrogen (secondary N) is 1. The molecule has 0 radical (unpaired) electrons. The Bertz CT molecular complexity index is 491. The number of hydrogen-bond donors (Lipinski definition) is 1. The Balaban J connectivity index is 2.09. The quantitative estimate of drug-likeness (QED) is 0.830. The number of sulfone groups is 1. The Kier molecular flexibility index (Phi) is 2.52. The highest BCUT2D eigenvalue weighted by atomic mass is 32.2. The lowest BCUT2D eigenvalue weighted by molar-refractivity contribution is 0.605. The van der Waals surface area contributed by atoms with Crippen LogP contribution in [-0.2, 0) is 9.84 Å². The van der Waals surface area contributed by atoms with Gasteiger partial charge in [-0.15, -0.1) is 0 Å². The fourth-order valence-corrected chi connectivity index (χ4v) is 2.85. The van der Waals surface area contributed by atoms with Crippen LogP contribution in [0.2, 0.25) is 0 Å². The van der Waals surface area contributed by atoms with Crippen molar-refractivity contribution in [3.8, 4) is 0 Å². The van der Waals surface area contributed by atoms with Crippen LogP contribution in [0.5, 0.6) is 0 Å². The zero-order valence-corrected chi connectivity index (χ0v) is 9.29. The predicted octanol–water partition coefficient (Wildman–Crippen LogP) is 1.72. The van der Waals surface area contributed by atoms with Gasteiger partial charge in [0.25, 0.3) is 0 Å². The molecular formula is C11H13NO2S. The highest BCUT2D eigenvalue weighted by Gasteiger charge is 2.21. The van der Waals surface area contributed by atoms with Crippen molar-refractivity contribution >= 4 is 15.5 Å². The van der Waals surface area contributed by atoms with Crippen LogP contribution in [-0.4, -0.2) is 20.2 Å². The van der Waals surface area contributed by atoms with Gasteiger partial charge in [0.15, 0.2) is 9.84 Å². The lowest BCUT2D eigenvalue weighted by atomic mass is 10.2. The van der Waals surface area contributed by atoms with Crippen molar-refractivity contribution in [2.75, 3.05) is 11.1 Å². The number of benzene rings is 1. The molecule has 0 aromatic heterocycles. The molecule has 1 aromatic rings. The molecule has 0 bridgehead atoms. The molecule has 1 aromatic carbocycles. The van der Waals surface area contributed by atoms with E-state index >= 15 is 0 Å². The van der Waals surface area contributed by atoms with Crippen molar-refractivity contribution in [2.45, 2.75) is 13.0 Å². The van der Waals surface area contributed by atoms with Gasteiger partial charge in [-0.2, -0.15) is 0 Å². The largest absolute Gasteiger partial charge is 0.378 e. The van der Waals surface area contributed by atoms with Crippen LogP contribution in [0.25, 0.3) is 0 Å². The third-order valence-electron chi connectivity index (χ3n) is 2.30. The summed E-state index contributed by atoms with van der Waals surface area (Å²) in [6, 6.07) is 7.79. The molecule has 1 aliphatic heterocycles. The van der Waals surface area contributed by atoms with Crippen molar-refractivity contribution in [2.24, 2.45) is 0 Å². The van der Waals surface area contributed by atoms with E-state index in [4.69, 9.17) is 0 Å². The molecule has 0 spiro atoms. The molecule has 0 amide bonds. The summed E-state index contributed by atoms with van der Waals surface area (Å²) >= 11 is 0. The topological polar surface area (TPSA) is 46.2 Å². The van der Waals surface area contributed by atoms with E-state index in [2.05, 4.69) is 5.32 Å². The summed E-state index contributed by atoms with van der Waals surface area (Å²) in [7, 11) is -2.97. The molecule has 1 heterocycles. The smallest absolute Gasteiger partial charge is 0.173 e. The first kappa shape index (κ1) is 10.2. The lowest BCUT2D eigenvalue weighted by Crippen LogP contribution is -2.20. The van der Waals surface area contributed by atoms with Crippen molar-refractivity contribution in [3.05, 3.63) is 41.3 Å². The Morgan fingerprint density at radius 3 is 2.80 bits per heavy atom. The molecule has 0 aliphatic carbocycles. The average molecular weight is 223 g/mol. The summed E-state index contributed by atoms with van der Waals surface area (Å²) < 4.78 is 22.3. The van der Waals surface area contributed by atoms with Crippen molar-refractivity contribution in [1.82, 2.24) is 0 Å². The summed E-state index contributed by atoms with van der Waals surface area (Å²) in [4.78, 5) is 0. The summed E-state index contributed by atoms with van der Waals surface area (Å²) in [6.45, 7) is 2.01. The highest BCUT2D eigenvalue weighted by molar-refractivity contribution is 7.94. The molecule has 0 fully saturated rings. The summed E-state index contributed by atoms with van der Waals surface area (Å²) in [5, 5.41) is 4.45. The number of hydrogen-bond acceptors (Lipinski definition) is 3. The third kappa shape index (κ3) is 2.59. The summed E-state index contributed by atoms with van der Waals surface area (Å²) in [6.07, 6.45) is 1.69. The van der Waals surface area contributed by atoms with Crippen LogP contribution in [0.3, 0.4) is 0 Å². The summed E-state index contributed by atoms with van der Waals surface area (Å²) in [5.41, 5.74) is 2.12. The number of anilines is 1. The monoisotopic (exact) mass is 223 g/mol. The van der Waals surface area contributed by atoms with Gasteiger partial charge < -0.3 is 5.32 Å². The van der Waals surface area contributed by atoms with Crippen LogP contribution in [0.4, 0.5) is 5.69 Å². The molecule has 4 heteroatoms. The van der Waals surface area contributed by atoms with Gasteiger partial charge in [-0.3, -0.25) is 0 Å². The molecule has 1 aliphatic rings. The minimum atomic E-state index is -2.97. The van der Waals surface area contributed by atoms with Gasteiger partial charge in [0.2, 0.25) is 0 Å². The third-order valence-corrected chi connectivity index (χ3v) is 3.70. The van der Waals surface area contributed by atoms with E-state index in [1.54, 1.807) is 6.08 Å². The standard InChI is InChI=1S/C11H13NO2S/c1-9-3-2-4-10(7-9)12-11-5-6-15(13,14)8-11/h2-7,11-12H,8H2,1H3. The Morgan fingerprint density at radius 2 is 2.20 bits per heavy atom. The van der Waals surface area contributed by atoms with Crippen LogP contribution < -0.4 is 5.32 Å². The maximum Gasteiger partial charge on any atom is 0.173 e. The maximum atomic E-state index is 11.2. The SMILES string of the molecule is Cc1cccc(NC2C=CS(=O)(=O)C2)c1. The van der Waals surface area contributed by atoms with Crippen LogP contribution >= 0.6 is 0 Å². The second kappa shape index (κ2) is 3.70. The lowest BCUT2D eigenvalue weighted by Gasteiger charge is -2.11. The van der Waals surface area contributed by atoms with Crippen molar-refractivity contribution < 1.29 is 8.42 Å². The number of aryl methyl sites for hydroxylation is 1. The zero-order chi connectivity index (χ0) is 10.9. The van der Waals surface area contributed by atoms with Crippen LogP contribution in [0.1, 0.15) is 5.56 Å². The van der Waals surface area contributed by atoms with Gasteiger partial charge in [-0.05, 0) is 24.6 Å². The van der Waals surface area contributed by atoms with Gasteiger partial charge in [-0.1, -0.05) is 18.2 Å². The van der Waals surface area contributed by atoms with Crippen LogP contribution in [0, 0.1) is 6.92 Å². The molecule has 0 saturated carbocycles. The molecule has 15 heavy (non-hydrogen) atoms. The first-order chi connectivity index (χ1) is 7.05. The molecule has 0 saturated heterocycles. The van der Waals surface area contributed by atoms with E-state index in [1.807, 2.05) is 31.2 Å². The van der Waals surface area contributed by atoms with E-state index in [0.717, 1.165) is 11.3 Å². The second-order valence-electron chi connectivity index (χ2n) is 3.78. The summed E-state index contributed by atoms with van der Waals surface area (Å²) in [5.74, 6) is 0.154. The Labute approximate surface area is 89.7 Å². The zero-order valence-electron chi connectivity index (χ0n) is 8.47. The van der Waals surface area contributed by atoms with Gasteiger partial charge in [0.05, 0.1) is 11.8 Å². The Hall–Kier alpha value is -1.29. The average Bonchev–Trinajstić information content (AvgIpc) is 2.45. The highest BCUT2D eigenvalue weighted by Crippen LogP contribution is 2.15. The van der Waals surface area contributed by atoms with Gasteiger partial charge in [0, 0.05) is 11.1 Å². The molecule has 1 N–H and O–H groups in total. The second-order valence-corrected chi connectivity index (χ2v) is 5.71. The van der Waals surface area contributed by atoms with Crippen molar-refractivity contribution in [1.29, 1.82) is 0 Å². The van der Waals surface area contributed by atoms with E-state index in [9.17, 15) is 8.42 Å². The minimum Gasteiger partial charge on any atom is -0.378 e.